The van der Waals surface area contributed by atoms with Crippen LogP contribution in [0.3, 0.4) is 0 Å². The van der Waals surface area contributed by atoms with Gasteiger partial charge in [0.15, 0.2) is 0 Å². The number of hydrogen-bond donors (Lipinski definition) is 2. The van der Waals surface area contributed by atoms with Gasteiger partial charge in [0, 0.05) is 25.8 Å². The van der Waals surface area contributed by atoms with Crippen molar-refractivity contribution in [1.29, 1.82) is 0 Å². The smallest absolute Gasteiger partial charge is 0.423 e. The Bertz CT molecular complexity index is 408. The molecule has 6 heteroatoms. The molecule has 0 aliphatic carbocycles. The van der Waals surface area contributed by atoms with Crippen molar-refractivity contribution in [2.75, 3.05) is 25.0 Å². The fourth-order valence-electron chi connectivity index (χ4n) is 1.93. The third-order valence-electron chi connectivity index (χ3n) is 2.94. The van der Waals surface area contributed by atoms with Crippen LogP contribution < -0.4 is 10.4 Å². The van der Waals surface area contributed by atoms with Crippen LogP contribution in [0.2, 0.25) is 0 Å². The van der Waals surface area contributed by atoms with E-state index in [1.54, 1.807) is 41.1 Å². The lowest BCUT2D eigenvalue weighted by Gasteiger charge is -2.33. The van der Waals surface area contributed by atoms with E-state index in [0.29, 0.717) is 12.0 Å². The lowest BCUT2D eigenvalue weighted by Crippen LogP contribution is -2.47. The lowest BCUT2D eigenvalue weighted by atomic mass is 9.80. The standard InChI is InChI=1S/C11H15BN2O3/c1-13-7-2-8-14(11(13)15)10-5-3-9(4-6-10)12(16)17/h3-6,16-17H,2,7-8H2,1H3. The molecule has 0 atom stereocenters. The van der Waals surface area contributed by atoms with Gasteiger partial charge in [-0.3, -0.25) is 4.90 Å². The van der Waals surface area contributed by atoms with E-state index in [1.807, 2.05) is 0 Å². The van der Waals surface area contributed by atoms with Crippen molar-refractivity contribution in [3.8, 4) is 0 Å². The van der Waals surface area contributed by atoms with E-state index in [4.69, 9.17) is 10.0 Å². The van der Waals surface area contributed by atoms with Crippen molar-refractivity contribution < 1.29 is 14.8 Å². The number of hydrogen-bond acceptors (Lipinski definition) is 3. The summed E-state index contributed by atoms with van der Waals surface area (Å²) in [5.74, 6) is 0. The van der Waals surface area contributed by atoms with Gasteiger partial charge in [-0.1, -0.05) is 12.1 Å². The molecule has 0 saturated carbocycles. The van der Waals surface area contributed by atoms with Gasteiger partial charge >= 0.3 is 13.1 Å². The number of urea groups is 1. The number of nitrogens with zero attached hydrogens (tertiary/aromatic N) is 2. The molecule has 1 aromatic rings. The molecule has 2 rings (SSSR count). The van der Waals surface area contributed by atoms with Gasteiger partial charge in [-0.15, -0.1) is 0 Å². The first-order chi connectivity index (χ1) is 8.09. The van der Waals surface area contributed by atoms with Crippen LogP contribution in [0, 0.1) is 0 Å². The Balaban J connectivity index is 2.19. The number of carbonyl (C=O) groups is 1. The SMILES string of the molecule is CN1CCCN(c2ccc(B(O)O)cc2)C1=O. The highest BCUT2D eigenvalue weighted by Gasteiger charge is 2.24. The average molecular weight is 234 g/mol. The molecule has 0 unspecified atom stereocenters. The first kappa shape index (κ1) is 11.9. The Labute approximate surface area is 100 Å². The number of carbonyl (C=O) groups excluding carboxylic acids is 1. The molecular weight excluding hydrogens is 219 g/mol. The average Bonchev–Trinajstić information content (AvgIpc) is 2.33. The van der Waals surface area contributed by atoms with Crippen LogP contribution >= 0.6 is 0 Å². The van der Waals surface area contributed by atoms with Crippen molar-refractivity contribution >= 4 is 24.3 Å². The molecule has 1 fully saturated rings. The van der Waals surface area contributed by atoms with Gasteiger partial charge in [0.05, 0.1) is 0 Å². The quantitative estimate of drug-likeness (QED) is 0.686. The maximum Gasteiger partial charge on any atom is 0.488 e. The molecule has 90 valence electrons. The van der Waals surface area contributed by atoms with E-state index < -0.39 is 7.12 Å². The minimum absolute atomic E-state index is 0.0199. The summed E-state index contributed by atoms with van der Waals surface area (Å²) in [5.41, 5.74) is 1.21. The highest BCUT2D eigenvalue weighted by Crippen LogP contribution is 2.18. The Morgan fingerprint density at radius 3 is 2.41 bits per heavy atom. The van der Waals surface area contributed by atoms with Gasteiger partial charge in [-0.25, -0.2) is 4.79 Å². The van der Waals surface area contributed by atoms with Crippen LogP contribution in [-0.4, -0.2) is 48.2 Å². The van der Waals surface area contributed by atoms with E-state index >= 15 is 0 Å². The molecule has 1 aliphatic heterocycles. The van der Waals surface area contributed by atoms with Crippen LogP contribution in [-0.2, 0) is 0 Å². The highest BCUT2D eigenvalue weighted by atomic mass is 16.4. The lowest BCUT2D eigenvalue weighted by molar-refractivity contribution is 0.207. The minimum Gasteiger partial charge on any atom is -0.423 e. The summed E-state index contributed by atoms with van der Waals surface area (Å²) in [6.07, 6.45) is 0.937. The predicted molar refractivity (Wildman–Crippen MR) is 66.3 cm³/mol. The third-order valence-corrected chi connectivity index (χ3v) is 2.94. The van der Waals surface area contributed by atoms with Gasteiger partial charge in [0.1, 0.15) is 0 Å². The highest BCUT2D eigenvalue weighted by molar-refractivity contribution is 6.58. The van der Waals surface area contributed by atoms with Gasteiger partial charge in [0.25, 0.3) is 0 Å². The zero-order chi connectivity index (χ0) is 12.4. The van der Waals surface area contributed by atoms with Gasteiger partial charge in [-0.05, 0) is 24.0 Å². The van der Waals surface area contributed by atoms with Crippen molar-refractivity contribution in [2.24, 2.45) is 0 Å². The molecule has 1 saturated heterocycles. The Morgan fingerprint density at radius 2 is 1.82 bits per heavy atom. The summed E-state index contributed by atoms with van der Waals surface area (Å²) in [6.45, 7) is 1.48. The summed E-state index contributed by atoms with van der Waals surface area (Å²) < 4.78 is 0. The molecule has 2 amide bonds. The van der Waals surface area contributed by atoms with Crippen molar-refractivity contribution in [1.82, 2.24) is 4.90 Å². The van der Waals surface area contributed by atoms with Crippen LogP contribution in [0.4, 0.5) is 10.5 Å². The summed E-state index contributed by atoms with van der Waals surface area (Å²) in [7, 11) is 0.309. The Hall–Kier alpha value is -1.53. The fourth-order valence-corrected chi connectivity index (χ4v) is 1.93. The van der Waals surface area contributed by atoms with Gasteiger partial charge in [0.2, 0.25) is 0 Å². The maximum atomic E-state index is 11.9. The largest absolute Gasteiger partial charge is 0.488 e. The second-order valence-electron chi connectivity index (χ2n) is 4.17. The first-order valence-electron chi connectivity index (χ1n) is 5.58. The summed E-state index contributed by atoms with van der Waals surface area (Å²) in [5, 5.41) is 18.0. The third kappa shape index (κ3) is 2.43. The van der Waals surface area contributed by atoms with E-state index in [1.165, 1.54) is 0 Å². The number of amides is 2. The van der Waals surface area contributed by atoms with Crippen molar-refractivity contribution in [3.63, 3.8) is 0 Å². The molecule has 17 heavy (non-hydrogen) atoms. The van der Waals surface area contributed by atoms with E-state index in [2.05, 4.69) is 0 Å². The summed E-state index contributed by atoms with van der Waals surface area (Å²) in [4.78, 5) is 15.3. The van der Waals surface area contributed by atoms with Crippen LogP contribution in [0.25, 0.3) is 0 Å². The number of rotatable bonds is 2. The molecule has 1 aromatic carbocycles. The van der Waals surface area contributed by atoms with Gasteiger partial charge in [-0.2, -0.15) is 0 Å². The van der Waals surface area contributed by atoms with Crippen LogP contribution in [0.5, 0.6) is 0 Å². The molecule has 0 radical (unpaired) electrons. The fraction of sp³-hybridized carbons (Fsp3) is 0.364. The van der Waals surface area contributed by atoms with E-state index in [-0.39, 0.29) is 6.03 Å². The minimum atomic E-state index is -1.47. The summed E-state index contributed by atoms with van der Waals surface area (Å²) >= 11 is 0. The molecular formula is C11H15BN2O3. The van der Waals surface area contributed by atoms with E-state index in [9.17, 15) is 4.79 Å². The molecule has 1 heterocycles. The molecule has 2 N–H and O–H groups in total. The second-order valence-corrected chi connectivity index (χ2v) is 4.17. The van der Waals surface area contributed by atoms with Crippen molar-refractivity contribution in [2.45, 2.75) is 6.42 Å². The molecule has 0 spiro atoms. The first-order valence-corrected chi connectivity index (χ1v) is 5.58. The monoisotopic (exact) mass is 234 g/mol. The predicted octanol–water partition coefficient (Wildman–Crippen LogP) is -0.372. The van der Waals surface area contributed by atoms with Crippen LogP contribution in [0.15, 0.2) is 24.3 Å². The van der Waals surface area contributed by atoms with Crippen LogP contribution in [0.1, 0.15) is 6.42 Å². The molecule has 1 aliphatic rings. The number of anilines is 1. The summed E-state index contributed by atoms with van der Waals surface area (Å²) in [6, 6.07) is 6.66. The molecule has 5 nitrogen and oxygen atoms in total. The van der Waals surface area contributed by atoms with E-state index in [0.717, 1.165) is 18.7 Å². The Morgan fingerprint density at radius 1 is 1.18 bits per heavy atom. The van der Waals surface area contributed by atoms with Crippen molar-refractivity contribution in [3.05, 3.63) is 24.3 Å². The Kier molecular flexibility index (Phi) is 3.35. The number of benzene rings is 1. The topological polar surface area (TPSA) is 64.0 Å². The maximum absolute atomic E-state index is 11.9. The normalized spacial score (nSPS) is 16.3. The zero-order valence-electron chi connectivity index (χ0n) is 9.71. The zero-order valence-corrected chi connectivity index (χ0v) is 9.71. The molecule has 0 bridgehead atoms. The second kappa shape index (κ2) is 4.77. The molecule has 0 aromatic heterocycles. The van der Waals surface area contributed by atoms with Gasteiger partial charge < -0.3 is 14.9 Å².